The minimum Gasteiger partial charge on any atom is -0.475 e. The topological polar surface area (TPSA) is 53.5 Å². The Bertz CT molecular complexity index is 629. The van der Waals surface area contributed by atoms with Crippen molar-refractivity contribution in [1.29, 1.82) is 0 Å². The van der Waals surface area contributed by atoms with Crippen LogP contribution in [0.15, 0.2) is 30.6 Å². The van der Waals surface area contributed by atoms with Gasteiger partial charge in [-0.1, -0.05) is 6.07 Å². The Morgan fingerprint density at radius 3 is 2.36 bits per heavy atom. The highest BCUT2D eigenvalue weighted by molar-refractivity contribution is 5.37. The molecule has 0 saturated heterocycles. The van der Waals surface area contributed by atoms with Crippen LogP contribution in [0.2, 0.25) is 0 Å². The largest absolute Gasteiger partial charge is 0.475 e. The SMILES string of the molecule is COC(C)c1cc(C)cc(Oc2cc(OC(C)C)ncn2)c1. The van der Waals surface area contributed by atoms with Crippen LogP contribution in [0.25, 0.3) is 0 Å². The monoisotopic (exact) mass is 302 g/mol. The maximum Gasteiger partial charge on any atom is 0.226 e. The maximum atomic E-state index is 5.83. The summed E-state index contributed by atoms with van der Waals surface area (Å²) in [5.41, 5.74) is 2.16. The second-order valence-corrected chi connectivity index (χ2v) is 5.42. The van der Waals surface area contributed by atoms with E-state index in [1.54, 1.807) is 13.2 Å². The van der Waals surface area contributed by atoms with Gasteiger partial charge in [-0.3, -0.25) is 0 Å². The lowest BCUT2D eigenvalue weighted by atomic mass is 10.1. The molecule has 0 radical (unpaired) electrons. The summed E-state index contributed by atoms with van der Waals surface area (Å²) in [5, 5.41) is 0. The molecule has 5 heteroatoms. The summed E-state index contributed by atoms with van der Waals surface area (Å²) in [6.45, 7) is 7.91. The van der Waals surface area contributed by atoms with Crippen LogP contribution in [0.5, 0.6) is 17.5 Å². The van der Waals surface area contributed by atoms with Gasteiger partial charge in [-0.05, 0) is 51.0 Å². The van der Waals surface area contributed by atoms with Crippen LogP contribution in [0.4, 0.5) is 0 Å². The molecule has 0 saturated carbocycles. The Morgan fingerprint density at radius 2 is 1.68 bits per heavy atom. The van der Waals surface area contributed by atoms with Crippen LogP contribution >= 0.6 is 0 Å². The van der Waals surface area contributed by atoms with Gasteiger partial charge < -0.3 is 14.2 Å². The van der Waals surface area contributed by atoms with E-state index in [1.807, 2.05) is 39.8 Å². The number of hydrogen-bond acceptors (Lipinski definition) is 5. The lowest BCUT2D eigenvalue weighted by Gasteiger charge is -2.14. The molecule has 22 heavy (non-hydrogen) atoms. The number of nitrogens with zero attached hydrogens (tertiary/aromatic N) is 2. The molecule has 0 spiro atoms. The van der Waals surface area contributed by atoms with Crippen LogP contribution in [0.3, 0.4) is 0 Å². The quantitative estimate of drug-likeness (QED) is 0.805. The highest BCUT2D eigenvalue weighted by Gasteiger charge is 2.09. The molecule has 0 fully saturated rings. The zero-order valence-electron chi connectivity index (χ0n) is 13.7. The highest BCUT2D eigenvalue weighted by atomic mass is 16.5. The fourth-order valence-electron chi connectivity index (χ4n) is 2.01. The number of hydrogen-bond donors (Lipinski definition) is 0. The Hall–Kier alpha value is -2.14. The van der Waals surface area contributed by atoms with E-state index in [0.29, 0.717) is 17.5 Å². The molecule has 2 rings (SSSR count). The van der Waals surface area contributed by atoms with E-state index in [9.17, 15) is 0 Å². The molecule has 1 aromatic carbocycles. The van der Waals surface area contributed by atoms with E-state index < -0.39 is 0 Å². The van der Waals surface area contributed by atoms with Crippen LogP contribution in [-0.2, 0) is 4.74 Å². The number of benzene rings is 1. The first-order valence-electron chi connectivity index (χ1n) is 7.29. The van der Waals surface area contributed by atoms with Crippen molar-refractivity contribution < 1.29 is 14.2 Å². The molecule has 0 N–H and O–H groups in total. The third-order valence-electron chi connectivity index (χ3n) is 3.09. The van der Waals surface area contributed by atoms with Gasteiger partial charge in [0.1, 0.15) is 12.1 Å². The minimum absolute atomic E-state index is 0.00693. The number of ether oxygens (including phenoxy) is 3. The van der Waals surface area contributed by atoms with Gasteiger partial charge >= 0.3 is 0 Å². The second-order valence-electron chi connectivity index (χ2n) is 5.42. The molecule has 1 heterocycles. The summed E-state index contributed by atoms with van der Waals surface area (Å²) < 4.78 is 16.7. The predicted molar refractivity (Wildman–Crippen MR) is 84.5 cm³/mol. The summed E-state index contributed by atoms with van der Waals surface area (Å²) in [5.74, 6) is 1.67. The van der Waals surface area contributed by atoms with Crippen molar-refractivity contribution in [3.8, 4) is 17.5 Å². The first-order chi connectivity index (χ1) is 10.5. The van der Waals surface area contributed by atoms with Gasteiger partial charge in [0.2, 0.25) is 11.8 Å². The molecule has 118 valence electrons. The van der Waals surface area contributed by atoms with Gasteiger partial charge in [-0.2, -0.15) is 0 Å². The Kier molecular flexibility index (Phi) is 5.33. The van der Waals surface area contributed by atoms with Crippen molar-refractivity contribution in [2.75, 3.05) is 7.11 Å². The lowest BCUT2D eigenvalue weighted by Crippen LogP contribution is -2.07. The minimum atomic E-state index is 0.00693. The molecule has 1 unspecified atom stereocenters. The van der Waals surface area contributed by atoms with Crippen LogP contribution in [0, 0.1) is 6.92 Å². The van der Waals surface area contributed by atoms with Gasteiger partial charge in [0.15, 0.2) is 0 Å². The summed E-state index contributed by atoms with van der Waals surface area (Å²) >= 11 is 0. The number of aromatic nitrogens is 2. The normalized spacial score (nSPS) is 12.3. The first kappa shape index (κ1) is 16.2. The van der Waals surface area contributed by atoms with E-state index in [4.69, 9.17) is 14.2 Å². The molecule has 5 nitrogen and oxygen atoms in total. The molecule has 0 aliphatic carbocycles. The van der Waals surface area contributed by atoms with E-state index in [1.165, 1.54) is 6.33 Å². The summed E-state index contributed by atoms with van der Waals surface area (Å²) in [6, 6.07) is 7.67. The maximum absolute atomic E-state index is 5.83. The summed E-state index contributed by atoms with van der Waals surface area (Å²) in [6.07, 6.45) is 1.49. The molecule has 0 aliphatic rings. The molecule has 0 bridgehead atoms. The van der Waals surface area contributed by atoms with Crippen molar-refractivity contribution in [3.63, 3.8) is 0 Å². The molecule has 0 amide bonds. The summed E-state index contributed by atoms with van der Waals surface area (Å²) in [4.78, 5) is 8.19. The fraction of sp³-hybridized carbons (Fsp3) is 0.412. The van der Waals surface area contributed by atoms with Crippen molar-refractivity contribution in [1.82, 2.24) is 9.97 Å². The fourth-order valence-corrected chi connectivity index (χ4v) is 2.01. The van der Waals surface area contributed by atoms with Gasteiger partial charge in [0.25, 0.3) is 0 Å². The molecule has 1 atom stereocenters. The highest BCUT2D eigenvalue weighted by Crippen LogP contribution is 2.27. The molecule has 2 aromatic rings. The number of rotatable bonds is 6. The van der Waals surface area contributed by atoms with Gasteiger partial charge in [0.05, 0.1) is 18.3 Å². The van der Waals surface area contributed by atoms with E-state index in [2.05, 4.69) is 16.0 Å². The Morgan fingerprint density at radius 1 is 0.955 bits per heavy atom. The van der Waals surface area contributed by atoms with Crippen molar-refractivity contribution >= 4 is 0 Å². The standard InChI is InChI=1S/C17H22N2O3/c1-11(2)21-16-9-17(19-10-18-16)22-15-7-12(3)6-14(8-15)13(4)20-5/h6-11,13H,1-5H3. The van der Waals surface area contributed by atoms with Crippen LogP contribution in [0.1, 0.15) is 38.0 Å². The average molecular weight is 302 g/mol. The Labute approximate surface area is 131 Å². The van der Waals surface area contributed by atoms with Gasteiger partial charge in [-0.15, -0.1) is 0 Å². The molecule has 0 aliphatic heterocycles. The van der Waals surface area contributed by atoms with Crippen molar-refractivity contribution in [2.45, 2.75) is 39.9 Å². The van der Waals surface area contributed by atoms with Crippen molar-refractivity contribution in [3.05, 3.63) is 41.7 Å². The van der Waals surface area contributed by atoms with E-state index >= 15 is 0 Å². The number of methoxy groups -OCH3 is 1. The van der Waals surface area contributed by atoms with E-state index in [-0.39, 0.29) is 12.2 Å². The van der Waals surface area contributed by atoms with Crippen LogP contribution < -0.4 is 9.47 Å². The average Bonchev–Trinajstić information content (AvgIpc) is 2.45. The van der Waals surface area contributed by atoms with Gasteiger partial charge in [0, 0.05) is 7.11 Å². The number of aryl methyl sites for hydroxylation is 1. The third kappa shape index (κ3) is 4.43. The zero-order chi connectivity index (χ0) is 16.1. The molecular formula is C17H22N2O3. The second kappa shape index (κ2) is 7.22. The third-order valence-corrected chi connectivity index (χ3v) is 3.09. The molecule has 1 aromatic heterocycles. The Balaban J connectivity index is 2.21. The first-order valence-corrected chi connectivity index (χ1v) is 7.29. The summed E-state index contributed by atoms with van der Waals surface area (Å²) in [7, 11) is 1.69. The van der Waals surface area contributed by atoms with Crippen LogP contribution in [-0.4, -0.2) is 23.2 Å². The zero-order valence-corrected chi connectivity index (χ0v) is 13.7. The smallest absolute Gasteiger partial charge is 0.226 e. The lowest BCUT2D eigenvalue weighted by molar-refractivity contribution is 0.119. The van der Waals surface area contributed by atoms with Crippen molar-refractivity contribution in [2.24, 2.45) is 0 Å². The predicted octanol–water partition coefficient (Wildman–Crippen LogP) is 4.07. The molecular weight excluding hydrogens is 280 g/mol. The van der Waals surface area contributed by atoms with E-state index in [0.717, 1.165) is 11.1 Å². The van der Waals surface area contributed by atoms with Gasteiger partial charge in [-0.25, -0.2) is 9.97 Å².